The molecule has 0 aliphatic heterocycles. The van der Waals surface area contributed by atoms with Crippen molar-refractivity contribution in [3.8, 4) is 12.3 Å². The number of rotatable bonds is 3. The normalized spacial score (nSPS) is 15.8. The molecule has 1 fully saturated rings. The molecular formula is C15H24O3. The molecule has 0 radical (unpaired) electrons. The Morgan fingerprint density at radius 2 is 1.72 bits per heavy atom. The lowest BCUT2D eigenvalue weighted by Gasteiger charge is -2.20. The van der Waals surface area contributed by atoms with E-state index in [1.165, 1.54) is 6.42 Å². The van der Waals surface area contributed by atoms with Crippen LogP contribution in [0.25, 0.3) is 0 Å². The highest BCUT2D eigenvalue weighted by Crippen LogP contribution is 2.49. The van der Waals surface area contributed by atoms with Gasteiger partial charge in [-0.25, -0.2) is 0 Å². The summed E-state index contributed by atoms with van der Waals surface area (Å²) in [6, 6.07) is 0. The van der Waals surface area contributed by atoms with Gasteiger partial charge in [0.05, 0.1) is 11.8 Å². The first-order valence-corrected chi connectivity index (χ1v) is 6.43. The summed E-state index contributed by atoms with van der Waals surface area (Å²) < 4.78 is 5.15. The van der Waals surface area contributed by atoms with Gasteiger partial charge in [0.1, 0.15) is 5.60 Å². The Morgan fingerprint density at radius 1 is 1.28 bits per heavy atom. The van der Waals surface area contributed by atoms with Crippen LogP contribution >= 0.6 is 0 Å². The van der Waals surface area contributed by atoms with E-state index in [-0.39, 0.29) is 18.2 Å². The van der Waals surface area contributed by atoms with E-state index in [0.29, 0.717) is 12.8 Å². The number of ether oxygens (including phenoxy) is 1. The van der Waals surface area contributed by atoms with E-state index in [1.807, 2.05) is 0 Å². The Labute approximate surface area is 110 Å². The smallest absolute Gasteiger partial charge is 0.307 e. The average molecular weight is 252 g/mol. The topological polar surface area (TPSA) is 43.4 Å². The zero-order chi connectivity index (χ0) is 14.4. The number of carbonyl (C=O) groups excluding carboxylic acids is 2. The molecule has 102 valence electrons. The SMILES string of the molecule is C#CC(=O)C1(CC(=O)OC(C)(C)C)CC1.CCC. The van der Waals surface area contributed by atoms with Crippen LogP contribution < -0.4 is 0 Å². The second-order valence-corrected chi connectivity index (χ2v) is 5.72. The largest absolute Gasteiger partial charge is 0.460 e. The third-order valence-corrected chi connectivity index (χ3v) is 2.37. The molecule has 0 N–H and O–H groups in total. The van der Waals surface area contributed by atoms with E-state index in [2.05, 4.69) is 19.8 Å². The van der Waals surface area contributed by atoms with Gasteiger partial charge in [0.15, 0.2) is 0 Å². The number of carbonyl (C=O) groups is 2. The molecule has 0 heterocycles. The van der Waals surface area contributed by atoms with Gasteiger partial charge < -0.3 is 4.74 Å². The molecule has 0 aromatic rings. The summed E-state index contributed by atoms with van der Waals surface area (Å²) in [5.74, 6) is 1.48. The van der Waals surface area contributed by atoms with Crippen molar-refractivity contribution >= 4 is 11.8 Å². The number of hydrogen-bond acceptors (Lipinski definition) is 3. The molecule has 3 heteroatoms. The predicted molar refractivity (Wildman–Crippen MR) is 71.9 cm³/mol. The van der Waals surface area contributed by atoms with Gasteiger partial charge in [-0.15, -0.1) is 6.42 Å². The maximum atomic E-state index is 11.5. The van der Waals surface area contributed by atoms with Crippen molar-refractivity contribution in [2.75, 3.05) is 0 Å². The van der Waals surface area contributed by atoms with E-state index in [0.717, 1.165) is 0 Å². The molecule has 0 saturated heterocycles. The van der Waals surface area contributed by atoms with Crippen molar-refractivity contribution in [2.24, 2.45) is 5.41 Å². The molecule has 0 spiro atoms. The van der Waals surface area contributed by atoms with Crippen molar-refractivity contribution in [3.63, 3.8) is 0 Å². The number of Topliss-reactive ketones (excluding diaryl/α,β-unsaturated/α-hetero) is 1. The highest BCUT2D eigenvalue weighted by atomic mass is 16.6. The minimum Gasteiger partial charge on any atom is -0.460 e. The van der Waals surface area contributed by atoms with Crippen LogP contribution in [-0.4, -0.2) is 17.4 Å². The molecule has 0 unspecified atom stereocenters. The zero-order valence-electron chi connectivity index (χ0n) is 12.1. The molecule has 3 nitrogen and oxygen atoms in total. The molecule has 1 rings (SSSR count). The van der Waals surface area contributed by atoms with E-state index >= 15 is 0 Å². The van der Waals surface area contributed by atoms with Gasteiger partial charge in [-0.05, 0) is 39.5 Å². The van der Waals surface area contributed by atoms with Crippen LogP contribution in [-0.2, 0) is 14.3 Å². The standard InChI is InChI=1S/C12H16O3.C3H8/c1-5-9(13)12(6-7-12)8-10(14)15-11(2,3)4;1-3-2/h1H,6-8H2,2-4H3;3H2,1-2H3. The molecular weight excluding hydrogens is 228 g/mol. The summed E-state index contributed by atoms with van der Waals surface area (Å²) in [7, 11) is 0. The lowest BCUT2D eigenvalue weighted by atomic mass is 9.97. The Morgan fingerprint density at radius 3 is 2.00 bits per heavy atom. The van der Waals surface area contributed by atoms with Crippen molar-refractivity contribution < 1.29 is 14.3 Å². The van der Waals surface area contributed by atoms with Gasteiger partial charge in [-0.1, -0.05) is 20.3 Å². The molecule has 0 bridgehead atoms. The van der Waals surface area contributed by atoms with Crippen LogP contribution in [0.2, 0.25) is 0 Å². The second-order valence-electron chi connectivity index (χ2n) is 5.72. The molecule has 18 heavy (non-hydrogen) atoms. The van der Waals surface area contributed by atoms with Crippen molar-refractivity contribution in [1.29, 1.82) is 0 Å². The summed E-state index contributed by atoms with van der Waals surface area (Å²) in [5.41, 5.74) is -1.11. The van der Waals surface area contributed by atoms with Crippen molar-refractivity contribution in [2.45, 2.75) is 65.9 Å². The molecule has 1 aliphatic carbocycles. The minimum atomic E-state index is -0.600. The first kappa shape index (κ1) is 16.7. The third-order valence-electron chi connectivity index (χ3n) is 2.37. The van der Waals surface area contributed by atoms with Gasteiger partial charge in [0.2, 0.25) is 5.78 Å². The fourth-order valence-corrected chi connectivity index (χ4v) is 1.44. The molecule has 0 amide bonds. The first-order chi connectivity index (χ1) is 8.20. The number of esters is 1. The fourth-order valence-electron chi connectivity index (χ4n) is 1.44. The highest BCUT2D eigenvalue weighted by Gasteiger charge is 2.51. The van der Waals surface area contributed by atoms with Gasteiger partial charge in [0, 0.05) is 0 Å². The zero-order valence-corrected chi connectivity index (χ0v) is 12.1. The Kier molecular flexibility index (Phi) is 6.11. The lowest BCUT2D eigenvalue weighted by molar-refractivity contribution is -0.157. The van der Waals surface area contributed by atoms with Crippen LogP contribution in [0.4, 0.5) is 0 Å². The summed E-state index contributed by atoms with van der Waals surface area (Å²) in [4.78, 5) is 22.8. The van der Waals surface area contributed by atoms with E-state index in [4.69, 9.17) is 11.2 Å². The lowest BCUT2D eigenvalue weighted by Crippen LogP contribution is -2.27. The quantitative estimate of drug-likeness (QED) is 0.440. The number of terminal acetylenes is 1. The molecule has 0 aromatic carbocycles. The second kappa shape index (κ2) is 6.58. The molecule has 0 atom stereocenters. The van der Waals surface area contributed by atoms with Crippen LogP contribution in [0, 0.1) is 17.8 Å². The van der Waals surface area contributed by atoms with E-state index < -0.39 is 11.0 Å². The van der Waals surface area contributed by atoms with E-state index in [9.17, 15) is 9.59 Å². The predicted octanol–water partition coefficient (Wildman–Crippen LogP) is 3.12. The fraction of sp³-hybridized carbons (Fsp3) is 0.733. The van der Waals surface area contributed by atoms with Crippen LogP contribution in [0.5, 0.6) is 0 Å². The third kappa shape index (κ3) is 5.86. The maximum absolute atomic E-state index is 11.5. The molecule has 1 aliphatic rings. The molecule has 1 saturated carbocycles. The maximum Gasteiger partial charge on any atom is 0.307 e. The molecule has 0 aromatic heterocycles. The van der Waals surface area contributed by atoms with Crippen LogP contribution in [0.3, 0.4) is 0 Å². The Bertz CT molecular complexity index is 338. The van der Waals surface area contributed by atoms with Crippen molar-refractivity contribution in [1.82, 2.24) is 0 Å². The monoisotopic (exact) mass is 252 g/mol. The summed E-state index contributed by atoms with van der Waals surface area (Å²) in [6.45, 7) is 9.65. The van der Waals surface area contributed by atoms with Gasteiger partial charge in [-0.2, -0.15) is 0 Å². The van der Waals surface area contributed by atoms with Crippen molar-refractivity contribution in [3.05, 3.63) is 0 Å². The number of ketones is 1. The highest BCUT2D eigenvalue weighted by molar-refractivity contribution is 6.03. The van der Waals surface area contributed by atoms with Gasteiger partial charge in [0.25, 0.3) is 0 Å². The summed E-state index contributed by atoms with van der Waals surface area (Å²) in [6.07, 6.45) is 7.83. The minimum absolute atomic E-state index is 0.118. The van der Waals surface area contributed by atoms with E-state index in [1.54, 1.807) is 20.8 Å². The summed E-state index contributed by atoms with van der Waals surface area (Å²) >= 11 is 0. The van der Waals surface area contributed by atoms with Crippen LogP contribution in [0.15, 0.2) is 0 Å². The average Bonchev–Trinajstić information content (AvgIpc) is 2.95. The van der Waals surface area contributed by atoms with Gasteiger partial charge in [-0.3, -0.25) is 9.59 Å². The number of hydrogen-bond donors (Lipinski definition) is 0. The summed E-state index contributed by atoms with van der Waals surface area (Å²) in [5, 5.41) is 0. The van der Waals surface area contributed by atoms with Crippen LogP contribution in [0.1, 0.15) is 60.3 Å². The Hall–Kier alpha value is -1.30. The Balaban J connectivity index is 0.000000873. The van der Waals surface area contributed by atoms with Gasteiger partial charge >= 0.3 is 5.97 Å². The first-order valence-electron chi connectivity index (χ1n) is 6.43.